The van der Waals surface area contributed by atoms with Gasteiger partial charge in [-0.1, -0.05) is 0 Å². The predicted octanol–water partition coefficient (Wildman–Crippen LogP) is 0.622. The molecule has 2 N–H and O–H groups in total. The molecule has 0 unspecified atom stereocenters. The molecule has 3 nitrogen and oxygen atoms in total. The summed E-state index contributed by atoms with van der Waals surface area (Å²) in [7, 11) is 0. The number of hydrogen-bond acceptors (Lipinski definition) is 2. The van der Waals surface area contributed by atoms with Gasteiger partial charge in [0.05, 0.1) is 0 Å². The van der Waals surface area contributed by atoms with Crippen molar-refractivity contribution in [3.8, 4) is 0 Å². The molecule has 2 aliphatic carbocycles. The van der Waals surface area contributed by atoms with Crippen LogP contribution >= 0.6 is 0 Å². The van der Waals surface area contributed by atoms with Crippen LogP contribution in [0.25, 0.3) is 0 Å². The summed E-state index contributed by atoms with van der Waals surface area (Å²) >= 11 is 0. The highest BCUT2D eigenvalue weighted by Crippen LogP contribution is 2.50. The highest BCUT2D eigenvalue weighted by atomic mass is 16.4. The Morgan fingerprint density at radius 2 is 2.18 bits per heavy atom. The highest BCUT2D eigenvalue weighted by Gasteiger charge is 2.54. The van der Waals surface area contributed by atoms with E-state index >= 15 is 0 Å². The first kappa shape index (κ1) is 7.10. The molecule has 2 saturated carbocycles. The summed E-state index contributed by atoms with van der Waals surface area (Å²) in [6.07, 6.45) is 3.41. The molecular formula is C8H12O3. The lowest BCUT2D eigenvalue weighted by molar-refractivity contribution is -0.164. The number of hydrogen-bond donors (Lipinski definition) is 2. The van der Waals surface area contributed by atoms with Crippen molar-refractivity contribution in [2.75, 3.05) is 0 Å². The lowest BCUT2D eigenvalue weighted by Crippen LogP contribution is -2.43. The summed E-state index contributed by atoms with van der Waals surface area (Å²) < 4.78 is 0. The normalized spacial score (nSPS) is 48.1. The van der Waals surface area contributed by atoms with Crippen LogP contribution in [0.3, 0.4) is 0 Å². The third-order valence-corrected chi connectivity index (χ3v) is 3.19. The average molecular weight is 156 g/mol. The van der Waals surface area contributed by atoms with E-state index in [1.807, 2.05) is 0 Å². The van der Waals surface area contributed by atoms with Crippen LogP contribution in [0.4, 0.5) is 0 Å². The number of rotatable bonds is 1. The maximum absolute atomic E-state index is 10.7. The lowest BCUT2D eigenvalue weighted by Gasteiger charge is -2.27. The summed E-state index contributed by atoms with van der Waals surface area (Å²) in [5.41, 5.74) is -1.37. The van der Waals surface area contributed by atoms with Crippen LogP contribution in [0.15, 0.2) is 0 Å². The fourth-order valence-electron chi connectivity index (χ4n) is 2.56. The number of aliphatic hydroxyl groups is 1. The molecule has 3 atom stereocenters. The van der Waals surface area contributed by atoms with Crippen molar-refractivity contribution in [1.29, 1.82) is 0 Å². The standard InChI is InChI=1S/C8H12O3/c9-7(10)8(11)4-5-1-2-6(8)3-5/h5-6,11H,1-4H2,(H,9,10)/t5-,6+,8+/m1/s1. The minimum absolute atomic E-state index is 0.0324. The van der Waals surface area contributed by atoms with Crippen molar-refractivity contribution in [1.82, 2.24) is 0 Å². The molecular weight excluding hydrogens is 144 g/mol. The van der Waals surface area contributed by atoms with Crippen LogP contribution in [-0.4, -0.2) is 21.8 Å². The van der Waals surface area contributed by atoms with E-state index < -0.39 is 11.6 Å². The van der Waals surface area contributed by atoms with Crippen molar-refractivity contribution in [3.05, 3.63) is 0 Å². The number of aliphatic carboxylic acids is 1. The topological polar surface area (TPSA) is 57.5 Å². The molecule has 0 radical (unpaired) electrons. The monoisotopic (exact) mass is 156 g/mol. The van der Waals surface area contributed by atoms with E-state index in [0.29, 0.717) is 12.3 Å². The Morgan fingerprint density at radius 1 is 1.45 bits per heavy atom. The average Bonchev–Trinajstić information content (AvgIpc) is 2.45. The van der Waals surface area contributed by atoms with Crippen molar-refractivity contribution < 1.29 is 15.0 Å². The largest absolute Gasteiger partial charge is 0.479 e. The van der Waals surface area contributed by atoms with Crippen LogP contribution < -0.4 is 0 Å². The first-order chi connectivity index (χ1) is 5.13. The third kappa shape index (κ3) is 0.805. The van der Waals surface area contributed by atoms with Gasteiger partial charge in [-0.3, -0.25) is 0 Å². The molecule has 0 aromatic heterocycles. The number of carbonyl (C=O) groups is 1. The van der Waals surface area contributed by atoms with E-state index in [9.17, 15) is 9.90 Å². The van der Waals surface area contributed by atoms with Crippen LogP contribution in [-0.2, 0) is 4.79 Å². The summed E-state index contributed by atoms with van der Waals surface area (Å²) in [5, 5.41) is 18.4. The van der Waals surface area contributed by atoms with Gasteiger partial charge < -0.3 is 10.2 Å². The van der Waals surface area contributed by atoms with Crippen molar-refractivity contribution >= 4 is 5.97 Å². The molecule has 2 rings (SSSR count). The molecule has 0 aliphatic heterocycles. The van der Waals surface area contributed by atoms with Gasteiger partial charge >= 0.3 is 5.97 Å². The molecule has 0 amide bonds. The zero-order valence-electron chi connectivity index (χ0n) is 6.29. The molecule has 62 valence electrons. The van der Waals surface area contributed by atoms with Gasteiger partial charge in [-0.05, 0) is 37.5 Å². The van der Waals surface area contributed by atoms with Gasteiger partial charge in [0.15, 0.2) is 5.60 Å². The molecule has 2 aliphatic rings. The molecule has 0 saturated heterocycles. The summed E-state index contributed by atoms with van der Waals surface area (Å²) in [5.74, 6) is -0.518. The SMILES string of the molecule is O=C(O)[C@]1(O)C[C@@H]2CC[C@H]1C2. The molecule has 0 aromatic carbocycles. The van der Waals surface area contributed by atoms with Gasteiger partial charge in [-0.15, -0.1) is 0 Å². The number of carboxylic acids is 1. The summed E-state index contributed by atoms with van der Waals surface area (Å²) in [6.45, 7) is 0. The minimum atomic E-state index is -1.37. The second-order valence-electron chi connectivity index (χ2n) is 3.81. The minimum Gasteiger partial charge on any atom is -0.479 e. The van der Waals surface area contributed by atoms with Gasteiger partial charge in [0.1, 0.15) is 0 Å². The lowest BCUT2D eigenvalue weighted by atomic mass is 9.84. The van der Waals surface area contributed by atoms with Crippen LogP contribution in [0, 0.1) is 11.8 Å². The van der Waals surface area contributed by atoms with Crippen molar-refractivity contribution in [3.63, 3.8) is 0 Å². The van der Waals surface area contributed by atoms with E-state index in [2.05, 4.69) is 0 Å². The zero-order valence-corrected chi connectivity index (χ0v) is 6.29. The smallest absolute Gasteiger partial charge is 0.335 e. The maximum Gasteiger partial charge on any atom is 0.335 e. The van der Waals surface area contributed by atoms with Gasteiger partial charge in [0.2, 0.25) is 0 Å². The van der Waals surface area contributed by atoms with Crippen molar-refractivity contribution in [2.45, 2.75) is 31.3 Å². The van der Waals surface area contributed by atoms with E-state index in [0.717, 1.165) is 19.3 Å². The maximum atomic E-state index is 10.7. The number of fused-ring (bicyclic) bond motifs is 2. The Bertz CT molecular complexity index is 202. The molecule has 0 spiro atoms. The van der Waals surface area contributed by atoms with Gasteiger partial charge in [-0.25, -0.2) is 4.79 Å². The van der Waals surface area contributed by atoms with Gasteiger partial charge in [-0.2, -0.15) is 0 Å². The fraction of sp³-hybridized carbons (Fsp3) is 0.875. The zero-order chi connectivity index (χ0) is 8.06. The van der Waals surface area contributed by atoms with Crippen LogP contribution in [0.5, 0.6) is 0 Å². The van der Waals surface area contributed by atoms with E-state index in [1.54, 1.807) is 0 Å². The summed E-state index contributed by atoms with van der Waals surface area (Å²) in [6, 6.07) is 0. The Kier molecular flexibility index (Phi) is 1.27. The van der Waals surface area contributed by atoms with Gasteiger partial charge in [0.25, 0.3) is 0 Å². The Morgan fingerprint density at radius 3 is 2.45 bits per heavy atom. The molecule has 3 heteroatoms. The third-order valence-electron chi connectivity index (χ3n) is 3.19. The Balaban J connectivity index is 2.23. The molecule has 2 fully saturated rings. The Hall–Kier alpha value is -0.570. The molecule has 0 aromatic rings. The first-order valence-electron chi connectivity index (χ1n) is 4.08. The van der Waals surface area contributed by atoms with Crippen LogP contribution in [0.2, 0.25) is 0 Å². The Labute approximate surface area is 65.0 Å². The second kappa shape index (κ2) is 1.97. The quantitative estimate of drug-likeness (QED) is 0.585. The molecule has 2 bridgehead atoms. The van der Waals surface area contributed by atoms with E-state index in [-0.39, 0.29) is 5.92 Å². The first-order valence-corrected chi connectivity index (χ1v) is 4.08. The van der Waals surface area contributed by atoms with Crippen molar-refractivity contribution in [2.24, 2.45) is 11.8 Å². The van der Waals surface area contributed by atoms with E-state index in [4.69, 9.17) is 5.11 Å². The van der Waals surface area contributed by atoms with Crippen LogP contribution in [0.1, 0.15) is 25.7 Å². The highest BCUT2D eigenvalue weighted by molar-refractivity contribution is 5.78. The predicted molar refractivity (Wildman–Crippen MR) is 38.0 cm³/mol. The summed E-state index contributed by atoms with van der Waals surface area (Å²) in [4.78, 5) is 10.7. The van der Waals surface area contributed by atoms with Gasteiger partial charge in [0, 0.05) is 0 Å². The van der Waals surface area contributed by atoms with E-state index in [1.165, 1.54) is 0 Å². The fourth-order valence-corrected chi connectivity index (χ4v) is 2.56. The molecule has 11 heavy (non-hydrogen) atoms. The molecule has 0 heterocycles. The second-order valence-corrected chi connectivity index (χ2v) is 3.81. The number of carboxylic acid groups (broad SMARTS) is 1.